The standard InChI is InChI=1S/C28H26ClNO6/c1-16(2)36-19-12-8-9-17(13-19)25-24(27(32)28(33)30(25)18-10-6-5-7-11-18)26(31)20-14-23(35-4)21(29)15-22(20)34-3/h5-16,25,31H,1-4H3/b26-24+. The Morgan fingerprint density at radius 1 is 0.944 bits per heavy atom. The average molecular weight is 508 g/mol. The van der Waals surface area contributed by atoms with Crippen LogP contribution in [0.25, 0.3) is 5.76 Å². The van der Waals surface area contributed by atoms with E-state index >= 15 is 0 Å². The lowest BCUT2D eigenvalue weighted by Gasteiger charge is -2.26. The fourth-order valence-electron chi connectivity index (χ4n) is 4.22. The van der Waals surface area contributed by atoms with Crippen LogP contribution in [0.3, 0.4) is 0 Å². The van der Waals surface area contributed by atoms with E-state index in [9.17, 15) is 14.7 Å². The molecule has 1 amide bonds. The molecule has 0 spiro atoms. The van der Waals surface area contributed by atoms with E-state index < -0.39 is 23.5 Å². The molecular weight excluding hydrogens is 482 g/mol. The van der Waals surface area contributed by atoms with Crippen LogP contribution in [-0.4, -0.2) is 37.1 Å². The first kappa shape index (κ1) is 25.1. The van der Waals surface area contributed by atoms with Crippen LogP contribution in [0, 0.1) is 0 Å². The molecule has 4 rings (SSSR count). The number of aliphatic hydroxyl groups excluding tert-OH is 1. The number of anilines is 1. The normalized spacial score (nSPS) is 16.9. The lowest BCUT2D eigenvalue weighted by Crippen LogP contribution is -2.29. The molecule has 0 aliphatic carbocycles. The molecule has 0 bridgehead atoms. The number of hydrogen-bond acceptors (Lipinski definition) is 6. The van der Waals surface area contributed by atoms with Gasteiger partial charge in [0, 0.05) is 11.8 Å². The summed E-state index contributed by atoms with van der Waals surface area (Å²) in [6.07, 6.45) is -0.0773. The van der Waals surface area contributed by atoms with E-state index in [1.807, 2.05) is 19.9 Å². The summed E-state index contributed by atoms with van der Waals surface area (Å²) in [6, 6.07) is 18.0. The number of hydrogen-bond donors (Lipinski definition) is 1. The van der Waals surface area contributed by atoms with Gasteiger partial charge in [0.15, 0.2) is 0 Å². The minimum Gasteiger partial charge on any atom is -0.507 e. The molecule has 1 unspecified atom stereocenters. The first-order chi connectivity index (χ1) is 17.3. The van der Waals surface area contributed by atoms with Gasteiger partial charge >= 0.3 is 0 Å². The summed E-state index contributed by atoms with van der Waals surface area (Å²) in [4.78, 5) is 28.2. The van der Waals surface area contributed by atoms with E-state index in [1.54, 1.807) is 48.5 Å². The number of methoxy groups -OCH3 is 2. The lowest BCUT2D eigenvalue weighted by atomic mass is 9.94. The Morgan fingerprint density at radius 2 is 1.64 bits per heavy atom. The van der Waals surface area contributed by atoms with Crippen molar-refractivity contribution < 1.29 is 28.9 Å². The topological polar surface area (TPSA) is 85.3 Å². The minimum atomic E-state index is -0.922. The molecule has 0 saturated carbocycles. The molecule has 3 aromatic rings. The van der Waals surface area contributed by atoms with E-state index in [2.05, 4.69) is 0 Å². The van der Waals surface area contributed by atoms with Gasteiger partial charge in [0.05, 0.1) is 42.5 Å². The summed E-state index contributed by atoms with van der Waals surface area (Å²) in [7, 11) is 2.85. The van der Waals surface area contributed by atoms with Crippen molar-refractivity contribution >= 4 is 34.7 Å². The summed E-state index contributed by atoms with van der Waals surface area (Å²) in [5.74, 6) is -0.916. The Kier molecular flexibility index (Phi) is 7.22. The number of ketones is 1. The van der Waals surface area contributed by atoms with E-state index in [-0.39, 0.29) is 33.8 Å². The number of para-hydroxylation sites is 1. The highest BCUT2D eigenvalue weighted by Gasteiger charge is 2.47. The van der Waals surface area contributed by atoms with E-state index in [1.165, 1.54) is 31.3 Å². The van der Waals surface area contributed by atoms with Crippen molar-refractivity contribution in [1.29, 1.82) is 0 Å². The fourth-order valence-corrected chi connectivity index (χ4v) is 4.45. The quantitative estimate of drug-likeness (QED) is 0.248. The molecule has 186 valence electrons. The zero-order chi connectivity index (χ0) is 26.0. The second kappa shape index (κ2) is 10.3. The van der Waals surface area contributed by atoms with Gasteiger partial charge in [-0.1, -0.05) is 41.9 Å². The van der Waals surface area contributed by atoms with Crippen LogP contribution < -0.4 is 19.1 Å². The predicted octanol–water partition coefficient (Wildman–Crippen LogP) is 5.77. The van der Waals surface area contributed by atoms with Gasteiger partial charge in [0.25, 0.3) is 11.7 Å². The van der Waals surface area contributed by atoms with Gasteiger partial charge in [0.1, 0.15) is 23.0 Å². The number of Topliss-reactive ketones (excluding diaryl/α,β-unsaturated/α-hetero) is 1. The molecular formula is C28H26ClNO6. The van der Waals surface area contributed by atoms with Crippen molar-refractivity contribution in [3.63, 3.8) is 0 Å². The Labute approximate surface area is 214 Å². The van der Waals surface area contributed by atoms with E-state index in [0.717, 1.165) is 0 Å². The maximum Gasteiger partial charge on any atom is 0.300 e. The highest BCUT2D eigenvalue weighted by Crippen LogP contribution is 2.45. The van der Waals surface area contributed by atoms with Gasteiger partial charge in [-0.25, -0.2) is 0 Å². The maximum atomic E-state index is 13.4. The van der Waals surface area contributed by atoms with Gasteiger partial charge in [-0.2, -0.15) is 0 Å². The molecule has 8 heteroatoms. The largest absolute Gasteiger partial charge is 0.507 e. The Balaban J connectivity index is 1.98. The lowest BCUT2D eigenvalue weighted by molar-refractivity contribution is -0.132. The number of ether oxygens (including phenoxy) is 3. The van der Waals surface area contributed by atoms with Gasteiger partial charge in [-0.3, -0.25) is 14.5 Å². The smallest absolute Gasteiger partial charge is 0.300 e. The molecule has 1 atom stereocenters. The second-order valence-corrected chi connectivity index (χ2v) is 8.84. The van der Waals surface area contributed by atoms with E-state index in [0.29, 0.717) is 17.0 Å². The maximum absolute atomic E-state index is 13.4. The minimum absolute atomic E-state index is 0.0773. The number of nitrogens with zero attached hydrogens (tertiary/aromatic N) is 1. The Morgan fingerprint density at radius 3 is 2.28 bits per heavy atom. The highest BCUT2D eigenvalue weighted by molar-refractivity contribution is 6.51. The molecule has 1 heterocycles. The van der Waals surface area contributed by atoms with E-state index in [4.69, 9.17) is 25.8 Å². The summed E-state index contributed by atoms with van der Waals surface area (Å²) < 4.78 is 16.6. The molecule has 0 aromatic heterocycles. The number of benzene rings is 3. The molecule has 1 aliphatic rings. The van der Waals surface area contributed by atoms with Gasteiger partial charge in [-0.05, 0) is 49.7 Å². The zero-order valence-electron chi connectivity index (χ0n) is 20.3. The number of carbonyl (C=O) groups is 2. The SMILES string of the molecule is COc1cc(/C(O)=C2\C(=O)C(=O)N(c3ccccc3)C2c2cccc(OC(C)C)c2)c(OC)cc1Cl. The van der Waals surface area contributed by atoms with Crippen molar-refractivity contribution in [3.8, 4) is 17.2 Å². The van der Waals surface area contributed by atoms with Crippen molar-refractivity contribution in [2.45, 2.75) is 26.0 Å². The number of carbonyl (C=O) groups excluding carboxylic acids is 2. The van der Waals surface area contributed by atoms with Crippen LogP contribution in [0.15, 0.2) is 72.3 Å². The molecule has 7 nitrogen and oxygen atoms in total. The van der Waals surface area contributed by atoms with Crippen LogP contribution in [0.1, 0.15) is 31.0 Å². The summed E-state index contributed by atoms with van der Waals surface area (Å²) >= 11 is 6.24. The van der Waals surface area contributed by atoms with Crippen molar-refractivity contribution in [2.24, 2.45) is 0 Å². The van der Waals surface area contributed by atoms with Crippen molar-refractivity contribution in [1.82, 2.24) is 0 Å². The van der Waals surface area contributed by atoms with Gasteiger partial charge < -0.3 is 19.3 Å². The van der Waals surface area contributed by atoms with Crippen LogP contribution >= 0.6 is 11.6 Å². The average Bonchev–Trinajstić information content (AvgIpc) is 3.14. The summed E-state index contributed by atoms with van der Waals surface area (Å²) in [5.41, 5.74) is 1.19. The highest BCUT2D eigenvalue weighted by atomic mass is 35.5. The summed E-state index contributed by atoms with van der Waals surface area (Å²) in [6.45, 7) is 3.81. The van der Waals surface area contributed by atoms with Crippen LogP contribution in [0.2, 0.25) is 5.02 Å². The molecule has 1 aliphatic heterocycles. The first-order valence-electron chi connectivity index (χ1n) is 11.3. The van der Waals surface area contributed by atoms with Crippen LogP contribution in [0.4, 0.5) is 5.69 Å². The second-order valence-electron chi connectivity index (χ2n) is 8.43. The molecule has 1 saturated heterocycles. The third kappa shape index (κ3) is 4.62. The summed E-state index contributed by atoms with van der Waals surface area (Å²) in [5, 5.41) is 11.8. The first-order valence-corrected chi connectivity index (χ1v) is 11.7. The molecule has 36 heavy (non-hydrogen) atoms. The van der Waals surface area contributed by atoms with Gasteiger partial charge in [0.2, 0.25) is 0 Å². The molecule has 0 radical (unpaired) electrons. The molecule has 3 aromatic carbocycles. The fraction of sp³-hybridized carbons (Fsp3) is 0.214. The van der Waals surface area contributed by atoms with Crippen LogP contribution in [-0.2, 0) is 9.59 Å². The molecule has 1 fully saturated rings. The predicted molar refractivity (Wildman–Crippen MR) is 138 cm³/mol. The molecule has 1 N–H and O–H groups in total. The number of rotatable bonds is 7. The van der Waals surface area contributed by atoms with Crippen molar-refractivity contribution in [3.05, 3.63) is 88.5 Å². The zero-order valence-corrected chi connectivity index (χ0v) is 21.1. The monoisotopic (exact) mass is 507 g/mol. The number of aliphatic hydroxyl groups is 1. The third-order valence-electron chi connectivity index (χ3n) is 5.75. The van der Waals surface area contributed by atoms with Crippen molar-refractivity contribution in [2.75, 3.05) is 19.1 Å². The number of amides is 1. The van der Waals surface area contributed by atoms with Crippen LogP contribution in [0.5, 0.6) is 17.2 Å². The third-order valence-corrected chi connectivity index (χ3v) is 6.05. The number of halogens is 1. The van der Waals surface area contributed by atoms with Gasteiger partial charge in [-0.15, -0.1) is 0 Å². The Hall–Kier alpha value is -3.97. The Bertz CT molecular complexity index is 1340.